The Morgan fingerprint density at radius 2 is 1.78 bits per heavy atom. The van der Waals surface area contributed by atoms with Gasteiger partial charge in [0.05, 0.1) is 5.56 Å². The molecule has 4 rings (SSSR count). The molecule has 3 aromatic rings. The summed E-state index contributed by atoms with van der Waals surface area (Å²) in [4.78, 5) is 24.8. The van der Waals surface area contributed by atoms with Crippen LogP contribution in [0.5, 0.6) is 0 Å². The molecule has 0 aliphatic carbocycles. The van der Waals surface area contributed by atoms with Crippen molar-refractivity contribution in [1.29, 1.82) is 0 Å². The van der Waals surface area contributed by atoms with E-state index in [1.165, 1.54) is 18.2 Å². The second-order valence-electron chi connectivity index (χ2n) is 6.17. The first-order valence-electron chi connectivity index (χ1n) is 8.43. The Morgan fingerprint density at radius 3 is 2.56 bits per heavy atom. The number of anilines is 1. The molecule has 0 saturated carbocycles. The number of nitrogens with zero attached hydrogens (tertiary/aromatic N) is 1. The number of sulfonamides is 1. The average molecular weight is 380 g/mol. The molecule has 0 fully saturated rings. The van der Waals surface area contributed by atoms with E-state index in [0.717, 1.165) is 15.1 Å². The van der Waals surface area contributed by atoms with Gasteiger partial charge < -0.3 is 5.32 Å². The zero-order chi connectivity index (χ0) is 19.2. The number of benzene rings is 3. The number of amides is 2. The van der Waals surface area contributed by atoms with Gasteiger partial charge in [-0.15, -0.1) is 0 Å². The lowest BCUT2D eigenvalue weighted by molar-refractivity contribution is 0.0875. The van der Waals surface area contributed by atoms with E-state index < -0.39 is 21.8 Å². The Kier molecular flexibility index (Phi) is 3.96. The van der Waals surface area contributed by atoms with Crippen molar-refractivity contribution in [2.45, 2.75) is 11.8 Å². The predicted molar refractivity (Wildman–Crippen MR) is 102 cm³/mol. The van der Waals surface area contributed by atoms with Gasteiger partial charge in [0.1, 0.15) is 4.90 Å². The fourth-order valence-electron chi connectivity index (χ4n) is 3.26. The molecular weight excluding hydrogens is 364 g/mol. The first-order chi connectivity index (χ1) is 12.9. The number of carbonyl (C=O) groups is 2. The maximum absolute atomic E-state index is 12.7. The number of hydrogen-bond acceptors (Lipinski definition) is 4. The zero-order valence-electron chi connectivity index (χ0n) is 14.5. The molecule has 1 heterocycles. The summed E-state index contributed by atoms with van der Waals surface area (Å²) in [6, 6.07) is 17.3. The first-order valence-corrected chi connectivity index (χ1v) is 9.87. The van der Waals surface area contributed by atoms with Gasteiger partial charge in [-0.25, -0.2) is 12.7 Å². The molecule has 0 saturated heterocycles. The largest absolute Gasteiger partial charge is 0.321 e. The molecular formula is C20H16N2O4S. The van der Waals surface area contributed by atoms with Crippen molar-refractivity contribution in [1.82, 2.24) is 4.31 Å². The monoisotopic (exact) mass is 380 g/mol. The number of rotatable bonds is 3. The van der Waals surface area contributed by atoms with Crippen LogP contribution in [0.15, 0.2) is 65.6 Å². The number of nitrogens with one attached hydrogen (secondary N) is 1. The predicted octanol–water partition coefficient (Wildman–Crippen LogP) is 3.26. The van der Waals surface area contributed by atoms with Gasteiger partial charge in [0.2, 0.25) is 0 Å². The first kappa shape index (κ1) is 17.2. The Bertz CT molecular complexity index is 1200. The second-order valence-corrected chi connectivity index (χ2v) is 8.00. The van der Waals surface area contributed by atoms with Crippen molar-refractivity contribution in [2.75, 3.05) is 11.9 Å². The standard InChI is InChI=1S/C20H16N2O4S/c1-2-22-20(24)16-11-10-14(12-18(16)27(22,25)26)19(23)21-17-9-5-7-13-6-3-4-8-15(13)17/h3-12H,2H2,1H3,(H,21,23). The zero-order valence-corrected chi connectivity index (χ0v) is 15.3. The number of hydrogen-bond donors (Lipinski definition) is 1. The molecule has 136 valence electrons. The average Bonchev–Trinajstić information content (AvgIpc) is 2.87. The quantitative estimate of drug-likeness (QED) is 0.756. The molecule has 27 heavy (non-hydrogen) atoms. The molecule has 1 aliphatic heterocycles. The third-order valence-electron chi connectivity index (χ3n) is 4.59. The molecule has 0 atom stereocenters. The van der Waals surface area contributed by atoms with Crippen LogP contribution in [-0.4, -0.2) is 31.1 Å². The van der Waals surface area contributed by atoms with Crippen molar-refractivity contribution in [2.24, 2.45) is 0 Å². The van der Waals surface area contributed by atoms with E-state index in [-0.39, 0.29) is 22.6 Å². The molecule has 2 amide bonds. The van der Waals surface area contributed by atoms with Crippen LogP contribution in [0.2, 0.25) is 0 Å². The van der Waals surface area contributed by atoms with Gasteiger partial charge in [0.15, 0.2) is 0 Å². The Labute approximate surface area is 156 Å². The molecule has 6 nitrogen and oxygen atoms in total. The molecule has 7 heteroatoms. The lowest BCUT2D eigenvalue weighted by Gasteiger charge is -2.11. The summed E-state index contributed by atoms with van der Waals surface area (Å²) in [6.07, 6.45) is 0. The molecule has 0 spiro atoms. The summed E-state index contributed by atoms with van der Waals surface area (Å²) in [5.41, 5.74) is 0.905. The molecule has 0 radical (unpaired) electrons. The van der Waals surface area contributed by atoms with Gasteiger partial charge in [-0.2, -0.15) is 0 Å². The SMILES string of the molecule is CCN1C(=O)c2ccc(C(=O)Nc3cccc4ccccc34)cc2S1(=O)=O. The van der Waals surface area contributed by atoms with Gasteiger partial charge >= 0.3 is 0 Å². The van der Waals surface area contributed by atoms with E-state index in [2.05, 4.69) is 5.32 Å². The number of carbonyl (C=O) groups excluding carboxylic acids is 2. The summed E-state index contributed by atoms with van der Waals surface area (Å²) in [6.45, 7) is 1.64. The normalized spacial score (nSPS) is 15.0. The van der Waals surface area contributed by atoms with Crippen LogP contribution < -0.4 is 5.32 Å². The highest BCUT2D eigenvalue weighted by Gasteiger charge is 2.40. The fourth-order valence-corrected chi connectivity index (χ4v) is 4.86. The van der Waals surface area contributed by atoms with E-state index in [1.54, 1.807) is 13.0 Å². The van der Waals surface area contributed by atoms with Crippen molar-refractivity contribution in [3.05, 3.63) is 71.8 Å². The van der Waals surface area contributed by atoms with Crippen LogP contribution >= 0.6 is 0 Å². The Hall–Kier alpha value is -3.19. The van der Waals surface area contributed by atoms with E-state index in [4.69, 9.17) is 0 Å². The molecule has 0 unspecified atom stereocenters. The maximum Gasteiger partial charge on any atom is 0.268 e. The Balaban J connectivity index is 1.72. The Morgan fingerprint density at radius 1 is 1.04 bits per heavy atom. The highest BCUT2D eigenvalue weighted by atomic mass is 32.2. The van der Waals surface area contributed by atoms with Gasteiger partial charge in [-0.3, -0.25) is 9.59 Å². The van der Waals surface area contributed by atoms with Crippen LogP contribution in [0.1, 0.15) is 27.6 Å². The minimum atomic E-state index is -3.91. The highest BCUT2D eigenvalue weighted by molar-refractivity contribution is 7.90. The summed E-state index contributed by atoms with van der Waals surface area (Å²) in [5, 5.41) is 4.69. The van der Waals surface area contributed by atoms with Crippen molar-refractivity contribution in [3.8, 4) is 0 Å². The lowest BCUT2D eigenvalue weighted by Crippen LogP contribution is -2.29. The van der Waals surface area contributed by atoms with Crippen molar-refractivity contribution < 1.29 is 18.0 Å². The summed E-state index contributed by atoms with van der Waals surface area (Å²) in [7, 11) is -3.91. The van der Waals surface area contributed by atoms with E-state index in [9.17, 15) is 18.0 Å². The van der Waals surface area contributed by atoms with Crippen molar-refractivity contribution >= 4 is 38.3 Å². The van der Waals surface area contributed by atoms with Gasteiger partial charge in [-0.05, 0) is 36.6 Å². The fraction of sp³-hybridized carbons (Fsp3) is 0.100. The van der Waals surface area contributed by atoms with E-state index >= 15 is 0 Å². The van der Waals surface area contributed by atoms with Gasteiger partial charge in [0, 0.05) is 23.2 Å². The van der Waals surface area contributed by atoms with Crippen LogP contribution in [0.4, 0.5) is 5.69 Å². The summed E-state index contributed by atoms with van der Waals surface area (Å²) in [5.74, 6) is -1.000. The second kappa shape index (κ2) is 6.21. The van der Waals surface area contributed by atoms with Crippen LogP contribution in [-0.2, 0) is 10.0 Å². The van der Waals surface area contributed by atoms with Gasteiger partial charge in [-0.1, -0.05) is 36.4 Å². The van der Waals surface area contributed by atoms with Crippen molar-refractivity contribution in [3.63, 3.8) is 0 Å². The van der Waals surface area contributed by atoms with Crippen LogP contribution in [0.25, 0.3) is 10.8 Å². The summed E-state index contributed by atoms with van der Waals surface area (Å²) >= 11 is 0. The summed E-state index contributed by atoms with van der Waals surface area (Å²) < 4.78 is 25.8. The molecule has 0 bridgehead atoms. The maximum atomic E-state index is 12.7. The minimum absolute atomic E-state index is 0.0490. The molecule has 0 aromatic heterocycles. The smallest absolute Gasteiger partial charge is 0.268 e. The highest BCUT2D eigenvalue weighted by Crippen LogP contribution is 2.31. The number of fused-ring (bicyclic) bond motifs is 2. The van der Waals surface area contributed by atoms with Gasteiger partial charge in [0.25, 0.3) is 21.8 Å². The van der Waals surface area contributed by atoms with E-state index in [1.807, 2.05) is 36.4 Å². The molecule has 3 aromatic carbocycles. The third kappa shape index (κ3) is 2.67. The topological polar surface area (TPSA) is 83.6 Å². The third-order valence-corrected chi connectivity index (χ3v) is 6.49. The molecule has 1 N–H and O–H groups in total. The van der Waals surface area contributed by atoms with Crippen LogP contribution in [0, 0.1) is 0 Å². The molecule has 1 aliphatic rings. The van der Waals surface area contributed by atoms with E-state index in [0.29, 0.717) is 5.69 Å². The minimum Gasteiger partial charge on any atom is -0.321 e. The van der Waals surface area contributed by atoms with Crippen LogP contribution in [0.3, 0.4) is 0 Å². The lowest BCUT2D eigenvalue weighted by atomic mass is 10.1.